The van der Waals surface area contributed by atoms with Crippen LogP contribution in [0.4, 0.5) is 0 Å². The van der Waals surface area contributed by atoms with Gasteiger partial charge in [-0.15, -0.1) is 5.73 Å². The van der Waals surface area contributed by atoms with E-state index in [9.17, 15) is 0 Å². The normalized spacial score (nSPS) is 16.5. The number of allylic oxidation sites excluding steroid dienone is 11. The van der Waals surface area contributed by atoms with Crippen LogP contribution in [-0.4, -0.2) is 7.05 Å². The van der Waals surface area contributed by atoms with Crippen LogP contribution in [0.15, 0.2) is 83.3 Å². The summed E-state index contributed by atoms with van der Waals surface area (Å²) >= 11 is 0. The van der Waals surface area contributed by atoms with Gasteiger partial charge in [0.25, 0.3) is 0 Å². The molecule has 0 radical (unpaired) electrons. The minimum absolute atomic E-state index is 0.910. The van der Waals surface area contributed by atoms with Crippen molar-refractivity contribution in [2.45, 2.75) is 54.9 Å². The summed E-state index contributed by atoms with van der Waals surface area (Å²) in [6, 6.07) is 2.29. The van der Waals surface area contributed by atoms with Gasteiger partial charge in [0, 0.05) is 12.7 Å². The fourth-order valence-electron chi connectivity index (χ4n) is 4.27. The van der Waals surface area contributed by atoms with Crippen molar-refractivity contribution in [3.8, 4) is 0 Å². The molecule has 2 rings (SSSR count). The molecule has 1 N–H and O–H groups in total. The van der Waals surface area contributed by atoms with Crippen LogP contribution >= 0.6 is 0 Å². The van der Waals surface area contributed by atoms with Crippen LogP contribution in [0.1, 0.15) is 61.9 Å². The Balaban J connectivity index is 2.61. The standard InChI is InChI=1S/C30H37N/c1-10-20(2)28(31-9)19-24(6)29-22(4)17-23(5)30(26(29)8)25(7)21(3)18-27-15-13-11-12-14-16-27/h10-11,13-15,17-19,31H,6,16H2,1-5,7-9H3/b20-10-,25-21+,27-18-,28-19+. The summed E-state index contributed by atoms with van der Waals surface area (Å²) in [5.41, 5.74) is 16.8. The molecular formula is C30H37N. The van der Waals surface area contributed by atoms with Crippen LogP contribution in [0.5, 0.6) is 0 Å². The van der Waals surface area contributed by atoms with Gasteiger partial charge in [-0.1, -0.05) is 36.9 Å². The van der Waals surface area contributed by atoms with Crippen molar-refractivity contribution in [3.63, 3.8) is 0 Å². The Morgan fingerprint density at radius 1 is 1.10 bits per heavy atom. The van der Waals surface area contributed by atoms with E-state index in [2.05, 4.69) is 109 Å². The quantitative estimate of drug-likeness (QED) is 0.368. The molecule has 0 saturated carbocycles. The zero-order chi connectivity index (χ0) is 23.1. The Morgan fingerprint density at radius 2 is 1.77 bits per heavy atom. The fraction of sp³-hybridized carbons (Fsp3) is 0.300. The number of likely N-dealkylation sites (N-methyl/N-ethyl adjacent to an activating group) is 1. The number of rotatable bonds is 6. The molecule has 0 unspecified atom stereocenters. The SMILES string of the molecule is C=C(/C=C(NC)\C(C)=C/C)c1c(C)cc(C)c(/C(C)=C(C)/C=C2/C=CC=C=CC2)c1C. The Kier molecular flexibility index (Phi) is 8.48. The average Bonchev–Trinajstić information content (AvgIpc) is 2.99. The maximum atomic E-state index is 4.43. The lowest BCUT2D eigenvalue weighted by Crippen LogP contribution is -2.08. The fourth-order valence-corrected chi connectivity index (χ4v) is 4.27. The molecule has 0 aromatic heterocycles. The summed E-state index contributed by atoms with van der Waals surface area (Å²) in [6.45, 7) is 19.7. The van der Waals surface area contributed by atoms with Gasteiger partial charge in [-0.25, -0.2) is 0 Å². The zero-order valence-corrected chi connectivity index (χ0v) is 20.5. The molecular weight excluding hydrogens is 374 g/mol. The summed E-state index contributed by atoms with van der Waals surface area (Å²) in [4.78, 5) is 0. The molecule has 1 aromatic rings. The number of hydrogen-bond donors (Lipinski definition) is 1. The van der Waals surface area contributed by atoms with E-state index in [1.54, 1.807) is 0 Å². The highest BCUT2D eigenvalue weighted by atomic mass is 14.8. The molecule has 1 aliphatic carbocycles. The van der Waals surface area contributed by atoms with Crippen molar-refractivity contribution in [1.29, 1.82) is 0 Å². The lowest BCUT2D eigenvalue weighted by molar-refractivity contribution is 0.997. The summed E-state index contributed by atoms with van der Waals surface area (Å²) in [5, 5.41) is 3.31. The predicted octanol–water partition coefficient (Wildman–Crippen LogP) is 8.09. The maximum absolute atomic E-state index is 4.43. The third kappa shape index (κ3) is 5.78. The molecule has 1 heteroatoms. The first-order valence-corrected chi connectivity index (χ1v) is 11.0. The minimum atomic E-state index is 0.910. The van der Waals surface area contributed by atoms with E-state index in [0.29, 0.717) is 0 Å². The summed E-state index contributed by atoms with van der Waals surface area (Å²) in [6.07, 6.45) is 15.8. The third-order valence-corrected chi connectivity index (χ3v) is 6.07. The number of hydrogen-bond acceptors (Lipinski definition) is 1. The molecule has 0 atom stereocenters. The van der Waals surface area contributed by atoms with Crippen LogP contribution in [0.25, 0.3) is 11.1 Å². The van der Waals surface area contributed by atoms with Crippen molar-refractivity contribution in [1.82, 2.24) is 5.32 Å². The highest BCUT2D eigenvalue weighted by molar-refractivity contribution is 5.83. The smallest absolute Gasteiger partial charge is 0.0369 e. The molecule has 0 heterocycles. The molecule has 1 aromatic carbocycles. The average molecular weight is 412 g/mol. The van der Waals surface area contributed by atoms with Gasteiger partial charge < -0.3 is 5.32 Å². The number of benzene rings is 1. The van der Waals surface area contributed by atoms with Crippen LogP contribution in [0.2, 0.25) is 0 Å². The number of nitrogens with one attached hydrogen (secondary N) is 1. The van der Waals surface area contributed by atoms with Gasteiger partial charge in [0.15, 0.2) is 0 Å². The Hall–Kier alpha value is -3.02. The largest absolute Gasteiger partial charge is 0.388 e. The lowest BCUT2D eigenvalue weighted by atomic mass is 9.85. The first kappa shape index (κ1) is 24.3. The highest BCUT2D eigenvalue weighted by Crippen LogP contribution is 2.34. The molecule has 1 nitrogen and oxygen atoms in total. The Morgan fingerprint density at radius 3 is 2.42 bits per heavy atom. The highest BCUT2D eigenvalue weighted by Gasteiger charge is 2.15. The molecule has 0 saturated heterocycles. The molecule has 0 spiro atoms. The van der Waals surface area contributed by atoms with Gasteiger partial charge >= 0.3 is 0 Å². The minimum Gasteiger partial charge on any atom is -0.388 e. The van der Waals surface area contributed by atoms with E-state index in [4.69, 9.17) is 0 Å². The van der Waals surface area contributed by atoms with Crippen LogP contribution < -0.4 is 5.32 Å². The van der Waals surface area contributed by atoms with Crippen molar-refractivity contribution >= 4 is 11.1 Å². The molecule has 0 bridgehead atoms. The van der Waals surface area contributed by atoms with Crippen molar-refractivity contribution in [2.75, 3.05) is 7.05 Å². The van der Waals surface area contributed by atoms with E-state index in [1.165, 1.54) is 50.1 Å². The molecule has 0 fully saturated rings. The van der Waals surface area contributed by atoms with Crippen LogP contribution in [-0.2, 0) is 0 Å². The van der Waals surface area contributed by atoms with Crippen molar-refractivity contribution in [2.24, 2.45) is 0 Å². The van der Waals surface area contributed by atoms with E-state index >= 15 is 0 Å². The van der Waals surface area contributed by atoms with Gasteiger partial charge in [0.05, 0.1) is 0 Å². The maximum Gasteiger partial charge on any atom is 0.0369 e. The summed E-state index contributed by atoms with van der Waals surface area (Å²) < 4.78 is 0. The van der Waals surface area contributed by atoms with E-state index in [-0.39, 0.29) is 0 Å². The summed E-state index contributed by atoms with van der Waals surface area (Å²) in [5.74, 6) is 0. The van der Waals surface area contributed by atoms with Crippen molar-refractivity contribution in [3.05, 3.63) is 111 Å². The second-order valence-corrected chi connectivity index (χ2v) is 8.32. The number of aryl methyl sites for hydroxylation is 2. The van der Waals surface area contributed by atoms with Gasteiger partial charge in [-0.05, 0) is 129 Å². The van der Waals surface area contributed by atoms with E-state index in [1.807, 2.05) is 13.1 Å². The van der Waals surface area contributed by atoms with Gasteiger partial charge in [-0.2, -0.15) is 0 Å². The van der Waals surface area contributed by atoms with Gasteiger partial charge in [0.2, 0.25) is 0 Å². The first-order valence-electron chi connectivity index (χ1n) is 11.0. The second kappa shape index (κ2) is 10.8. The lowest BCUT2D eigenvalue weighted by Gasteiger charge is -2.20. The van der Waals surface area contributed by atoms with Crippen LogP contribution in [0.3, 0.4) is 0 Å². The molecule has 0 aliphatic heterocycles. The Bertz CT molecular complexity index is 1090. The summed E-state index contributed by atoms with van der Waals surface area (Å²) in [7, 11) is 1.96. The second-order valence-electron chi connectivity index (χ2n) is 8.32. The van der Waals surface area contributed by atoms with E-state index < -0.39 is 0 Å². The van der Waals surface area contributed by atoms with Gasteiger partial charge in [0.1, 0.15) is 0 Å². The van der Waals surface area contributed by atoms with Crippen molar-refractivity contribution < 1.29 is 0 Å². The molecule has 162 valence electrons. The molecule has 31 heavy (non-hydrogen) atoms. The molecule has 0 amide bonds. The molecule has 1 aliphatic rings. The Labute approximate surface area is 189 Å². The van der Waals surface area contributed by atoms with Crippen LogP contribution in [0, 0.1) is 20.8 Å². The van der Waals surface area contributed by atoms with E-state index in [0.717, 1.165) is 17.7 Å². The predicted molar refractivity (Wildman–Crippen MR) is 139 cm³/mol. The monoisotopic (exact) mass is 411 g/mol. The topological polar surface area (TPSA) is 12.0 Å². The zero-order valence-electron chi connectivity index (χ0n) is 20.5. The first-order chi connectivity index (χ1) is 14.7. The third-order valence-electron chi connectivity index (χ3n) is 6.07. The van der Waals surface area contributed by atoms with Gasteiger partial charge in [-0.3, -0.25) is 0 Å².